The molecule has 0 bridgehead atoms. The molecule has 0 saturated carbocycles. The number of rotatable bonds is 7. The third-order valence-corrected chi connectivity index (χ3v) is 4.21. The highest BCUT2D eigenvalue weighted by atomic mass is 16.2. The molecule has 23 heavy (non-hydrogen) atoms. The van der Waals surface area contributed by atoms with Crippen molar-refractivity contribution in [1.29, 1.82) is 0 Å². The summed E-state index contributed by atoms with van der Waals surface area (Å²) in [5.74, 6) is -1.26. The molecule has 1 atom stereocenters. The lowest BCUT2D eigenvalue weighted by Gasteiger charge is -2.25. The van der Waals surface area contributed by atoms with E-state index in [2.05, 4.69) is 32.9 Å². The van der Waals surface area contributed by atoms with Crippen LogP contribution in [0.1, 0.15) is 53.4 Å². The minimum atomic E-state index is -0.559. The first kappa shape index (κ1) is 18.9. The number of nitrogens with two attached hydrogens (primary N) is 2. The van der Waals surface area contributed by atoms with Gasteiger partial charge in [-0.3, -0.25) is 9.59 Å². The van der Waals surface area contributed by atoms with E-state index < -0.39 is 11.8 Å². The summed E-state index contributed by atoms with van der Waals surface area (Å²) in [6.45, 7) is 8.23. The van der Waals surface area contributed by atoms with Gasteiger partial charge in [-0.05, 0) is 53.4 Å². The van der Waals surface area contributed by atoms with Crippen molar-refractivity contribution in [1.82, 2.24) is 0 Å². The summed E-state index contributed by atoms with van der Waals surface area (Å²) in [5.41, 5.74) is 15.3. The molecule has 1 rings (SSSR count). The van der Waals surface area contributed by atoms with E-state index in [1.165, 1.54) is 11.1 Å². The van der Waals surface area contributed by atoms with Gasteiger partial charge in [-0.1, -0.05) is 34.9 Å². The smallest absolute Gasteiger partial charge is 0.245 e. The van der Waals surface area contributed by atoms with E-state index in [-0.39, 0.29) is 5.92 Å². The maximum absolute atomic E-state index is 11.8. The molecule has 126 valence electrons. The monoisotopic (exact) mass is 316 g/mol. The van der Waals surface area contributed by atoms with Crippen LogP contribution in [0.25, 0.3) is 0 Å². The van der Waals surface area contributed by atoms with Crippen LogP contribution in [-0.4, -0.2) is 11.8 Å². The number of amides is 2. The van der Waals surface area contributed by atoms with Gasteiger partial charge in [0.15, 0.2) is 0 Å². The molecule has 1 unspecified atom stereocenters. The van der Waals surface area contributed by atoms with Crippen molar-refractivity contribution in [3.05, 3.63) is 46.1 Å². The van der Waals surface area contributed by atoms with Gasteiger partial charge in [0.25, 0.3) is 0 Å². The highest BCUT2D eigenvalue weighted by Crippen LogP contribution is 2.33. The topological polar surface area (TPSA) is 86.2 Å². The normalized spacial score (nSPS) is 18.5. The molecule has 2 amide bonds. The predicted octanol–water partition coefficient (Wildman–Crippen LogP) is 3.30. The zero-order chi connectivity index (χ0) is 17.6. The van der Waals surface area contributed by atoms with Gasteiger partial charge in [0.2, 0.25) is 11.8 Å². The molecule has 0 aromatic rings. The van der Waals surface area contributed by atoms with Crippen LogP contribution in [0.3, 0.4) is 0 Å². The molecule has 0 heterocycles. The van der Waals surface area contributed by atoms with Gasteiger partial charge in [0.05, 0.1) is 0 Å². The highest BCUT2D eigenvalue weighted by Gasteiger charge is 2.28. The fourth-order valence-corrected chi connectivity index (χ4v) is 2.82. The highest BCUT2D eigenvalue weighted by molar-refractivity contribution is 6.04. The minimum absolute atomic E-state index is 0.151. The summed E-state index contributed by atoms with van der Waals surface area (Å²) in [5, 5.41) is 0. The summed E-state index contributed by atoms with van der Waals surface area (Å²) in [7, 11) is 0. The van der Waals surface area contributed by atoms with Gasteiger partial charge in [0.1, 0.15) is 0 Å². The van der Waals surface area contributed by atoms with E-state index in [4.69, 9.17) is 11.5 Å². The lowest BCUT2D eigenvalue weighted by Crippen LogP contribution is -2.29. The van der Waals surface area contributed by atoms with Crippen molar-refractivity contribution >= 4 is 11.8 Å². The standard InChI is InChI=1S/C19H28N2O2/c1-12(2)6-5-7-13(3)8-10-15-14(4)9-11-16(18(20)22)17(15)19(21)23/h6,8-9,15H,5,7,10-11H2,1-4H3,(H2,20,22)(H2,21,23)/b13-8+. The first-order chi connectivity index (χ1) is 10.7. The molecular weight excluding hydrogens is 288 g/mol. The first-order valence-electron chi connectivity index (χ1n) is 8.02. The van der Waals surface area contributed by atoms with Crippen LogP contribution in [0.15, 0.2) is 46.1 Å². The second-order valence-corrected chi connectivity index (χ2v) is 6.43. The number of hydrogen-bond donors (Lipinski definition) is 2. The molecule has 0 fully saturated rings. The first-order valence-corrected chi connectivity index (χ1v) is 8.02. The Hall–Kier alpha value is -2.10. The molecule has 4 heteroatoms. The van der Waals surface area contributed by atoms with E-state index in [0.717, 1.165) is 18.4 Å². The van der Waals surface area contributed by atoms with E-state index in [0.29, 0.717) is 24.0 Å². The number of carbonyl (C=O) groups excluding carboxylic acids is 2. The molecule has 0 aliphatic heterocycles. The van der Waals surface area contributed by atoms with Crippen molar-refractivity contribution < 1.29 is 9.59 Å². The van der Waals surface area contributed by atoms with Gasteiger partial charge in [0, 0.05) is 17.1 Å². The van der Waals surface area contributed by atoms with Crippen LogP contribution < -0.4 is 11.5 Å². The van der Waals surface area contributed by atoms with Crippen molar-refractivity contribution in [2.75, 3.05) is 0 Å². The Bertz CT molecular complexity index is 603. The second kappa shape index (κ2) is 8.51. The maximum Gasteiger partial charge on any atom is 0.245 e. The fourth-order valence-electron chi connectivity index (χ4n) is 2.82. The number of carbonyl (C=O) groups is 2. The van der Waals surface area contributed by atoms with Crippen LogP contribution in [-0.2, 0) is 9.59 Å². The molecule has 0 aromatic heterocycles. The molecule has 1 aliphatic rings. The average molecular weight is 316 g/mol. The van der Waals surface area contributed by atoms with Crippen LogP contribution in [0.5, 0.6) is 0 Å². The fraction of sp³-hybridized carbons (Fsp3) is 0.474. The zero-order valence-corrected chi connectivity index (χ0v) is 14.6. The molecule has 1 aliphatic carbocycles. The summed E-state index contributed by atoms with van der Waals surface area (Å²) in [6.07, 6.45) is 9.35. The lowest BCUT2D eigenvalue weighted by atomic mass is 9.79. The van der Waals surface area contributed by atoms with E-state index in [1.54, 1.807) is 0 Å². The van der Waals surface area contributed by atoms with Gasteiger partial charge < -0.3 is 11.5 Å². The van der Waals surface area contributed by atoms with E-state index >= 15 is 0 Å². The Morgan fingerprint density at radius 3 is 2.35 bits per heavy atom. The quantitative estimate of drug-likeness (QED) is 0.706. The largest absolute Gasteiger partial charge is 0.366 e. The Balaban J connectivity index is 2.92. The third kappa shape index (κ3) is 5.55. The Labute approximate surface area is 139 Å². The Morgan fingerprint density at radius 1 is 1.17 bits per heavy atom. The van der Waals surface area contributed by atoms with Gasteiger partial charge in [-0.15, -0.1) is 0 Å². The molecule has 0 saturated heterocycles. The minimum Gasteiger partial charge on any atom is -0.366 e. The Morgan fingerprint density at radius 2 is 1.83 bits per heavy atom. The number of hydrogen-bond acceptors (Lipinski definition) is 2. The molecule has 4 N–H and O–H groups in total. The summed E-state index contributed by atoms with van der Waals surface area (Å²) < 4.78 is 0. The van der Waals surface area contributed by atoms with E-state index in [1.807, 2.05) is 13.0 Å². The average Bonchev–Trinajstić information content (AvgIpc) is 2.44. The SMILES string of the molecule is CC(C)=CCC/C(C)=C/CC1C(C)=CCC(C(N)=O)=C1C(N)=O. The lowest BCUT2D eigenvalue weighted by molar-refractivity contribution is -0.117. The van der Waals surface area contributed by atoms with Gasteiger partial charge in [-0.25, -0.2) is 0 Å². The zero-order valence-electron chi connectivity index (χ0n) is 14.6. The van der Waals surface area contributed by atoms with Crippen molar-refractivity contribution in [2.45, 2.75) is 53.4 Å². The van der Waals surface area contributed by atoms with Crippen LogP contribution in [0.2, 0.25) is 0 Å². The number of primary amides is 2. The third-order valence-electron chi connectivity index (χ3n) is 4.21. The number of allylic oxidation sites excluding steroid dienone is 6. The van der Waals surface area contributed by atoms with Gasteiger partial charge in [-0.2, -0.15) is 0 Å². The maximum atomic E-state index is 11.8. The molecular formula is C19H28N2O2. The Kier molecular flexibility index (Phi) is 7.01. The molecule has 0 spiro atoms. The van der Waals surface area contributed by atoms with Crippen LogP contribution in [0.4, 0.5) is 0 Å². The van der Waals surface area contributed by atoms with Crippen LogP contribution in [0, 0.1) is 5.92 Å². The predicted molar refractivity (Wildman–Crippen MR) is 94.3 cm³/mol. The van der Waals surface area contributed by atoms with Crippen molar-refractivity contribution in [3.63, 3.8) is 0 Å². The molecule has 4 nitrogen and oxygen atoms in total. The molecule has 0 aromatic carbocycles. The summed E-state index contributed by atoms with van der Waals surface area (Å²) >= 11 is 0. The van der Waals surface area contributed by atoms with Crippen LogP contribution >= 0.6 is 0 Å². The summed E-state index contributed by atoms with van der Waals surface area (Å²) in [6, 6.07) is 0. The van der Waals surface area contributed by atoms with Crippen molar-refractivity contribution in [2.24, 2.45) is 17.4 Å². The summed E-state index contributed by atoms with van der Waals surface area (Å²) in [4.78, 5) is 23.4. The second-order valence-electron chi connectivity index (χ2n) is 6.43. The molecule has 0 radical (unpaired) electrons. The van der Waals surface area contributed by atoms with Crippen molar-refractivity contribution in [3.8, 4) is 0 Å². The van der Waals surface area contributed by atoms with Gasteiger partial charge >= 0.3 is 0 Å². The van der Waals surface area contributed by atoms with E-state index in [9.17, 15) is 9.59 Å².